The van der Waals surface area contributed by atoms with E-state index in [1.165, 1.54) is 4.57 Å². The Bertz CT molecular complexity index is 615. The van der Waals surface area contributed by atoms with Crippen LogP contribution >= 0.6 is 19.1 Å². The number of hydrogen-bond acceptors (Lipinski definition) is 6. The Labute approximate surface area is 129 Å². The first-order valence-corrected chi connectivity index (χ1v) is 10.2. The predicted octanol–water partition coefficient (Wildman–Crippen LogP) is 0.913. The average molecular weight is 331 g/mol. The number of rotatable bonds is 4. The maximum absolute atomic E-state index is 10.2. The number of nitrogens with two attached hydrogens (primary N) is 1. The van der Waals surface area contributed by atoms with E-state index in [1.807, 2.05) is 0 Å². The molecule has 1 aromatic heterocycles. The van der Waals surface area contributed by atoms with Gasteiger partial charge in [0.25, 0.3) is 0 Å². The van der Waals surface area contributed by atoms with Crippen LogP contribution in [0.25, 0.3) is 0 Å². The standard InChI is InChI=1S/C13H22N3O3PS/c1-20(2,3)7-5-8-10(17)11(18)12(19-8)16-6-4-9(14)15-13(16)21/h4,6,8,10-12,17-18H,1,5,7H2,2-3H3,(H2,14,15,21)/t8-,10-,11-,12?/m1/s1. The lowest BCUT2D eigenvalue weighted by atomic mass is 10.1. The van der Waals surface area contributed by atoms with Crippen LogP contribution in [0, 0.1) is 4.77 Å². The first kappa shape index (κ1) is 16.6. The highest BCUT2D eigenvalue weighted by Crippen LogP contribution is 2.39. The number of aliphatic hydroxyl groups is 2. The van der Waals surface area contributed by atoms with Crippen molar-refractivity contribution in [3.05, 3.63) is 17.0 Å². The minimum absolute atomic E-state index is 0.219. The highest BCUT2D eigenvalue weighted by Gasteiger charge is 2.43. The molecule has 21 heavy (non-hydrogen) atoms. The molecule has 8 heteroatoms. The second-order valence-corrected chi connectivity index (χ2v) is 10.7. The molecule has 0 spiro atoms. The second kappa shape index (κ2) is 6.18. The lowest BCUT2D eigenvalue weighted by molar-refractivity contribution is -0.0390. The number of ether oxygens (including phenoxy) is 1. The summed E-state index contributed by atoms with van der Waals surface area (Å²) in [6.07, 6.45) is 4.16. The summed E-state index contributed by atoms with van der Waals surface area (Å²) in [6, 6.07) is 1.58. The normalized spacial score (nSPS) is 29.7. The highest BCUT2D eigenvalue weighted by atomic mass is 32.1. The Morgan fingerprint density at radius 1 is 1.48 bits per heavy atom. The largest absolute Gasteiger partial charge is 0.388 e. The molecule has 0 aliphatic carbocycles. The topological polar surface area (TPSA) is 93.5 Å². The summed E-state index contributed by atoms with van der Waals surface area (Å²) in [5.41, 5.74) is 5.56. The maximum Gasteiger partial charge on any atom is 0.203 e. The average Bonchev–Trinajstić information content (AvgIpc) is 2.64. The molecular weight excluding hydrogens is 309 g/mol. The van der Waals surface area contributed by atoms with E-state index in [0.717, 1.165) is 6.16 Å². The van der Waals surface area contributed by atoms with Crippen molar-refractivity contribution in [2.75, 3.05) is 25.2 Å². The first-order valence-electron chi connectivity index (χ1n) is 6.72. The summed E-state index contributed by atoms with van der Waals surface area (Å²) in [5.74, 6) is 0.310. The van der Waals surface area contributed by atoms with Gasteiger partial charge < -0.3 is 20.7 Å². The van der Waals surface area contributed by atoms with Crippen LogP contribution in [0.4, 0.5) is 5.82 Å². The van der Waals surface area contributed by atoms with Crippen LogP contribution in [-0.2, 0) is 4.74 Å². The molecule has 1 saturated heterocycles. The first-order chi connectivity index (χ1) is 9.69. The zero-order valence-corrected chi connectivity index (χ0v) is 13.9. The Morgan fingerprint density at radius 2 is 2.14 bits per heavy atom. The summed E-state index contributed by atoms with van der Waals surface area (Å²) in [5, 5.41) is 20.4. The highest BCUT2D eigenvalue weighted by molar-refractivity contribution is 7.72. The molecule has 4 N–H and O–H groups in total. The van der Waals surface area contributed by atoms with E-state index >= 15 is 0 Å². The van der Waals surface area contributed by atoms with Gasteiger partial charge in [-0.3, -0.25) is 4.57 Å². The van der Waals surface area contributed by atoms with Gasteiger partial charge in [-0.25, -0.2) is 4.98 Å². The molecule has 0 saturated carbocycles. The van der Waals surface area contributed by atoms with Gasteiger partial charge in [0.1, 0.15) is 18.0 Å². The molecule has 0 amide bonds. The van der Waals surface area contributed by atoms with Gasteiger partial charge in [0.2, 0.25) is 4.77 Å². The Morgan fingerprint density at radius 3 is 2.71 bits per heavy atom. The van der Waals surface area contributed by atoms with E-state index in [4.69, 9.17) is 22.7 Å². The van der Waals surface area contributed by atoms with Crippen molar-refractivity contribution in [1.82, 2.24) is 9.55 Å². The molecule has 1 aliphatic heterocycles. The third-order valence-electron chi connectivity index (χ3n) is 3.48. The number of anilines is 1. The molecular formula is C13H22N3O3PS. The van der Waals surface area contributed by atoms with Crippen molar-refractivity contribution >= 4 is 31.2 Å². The van der Waals surface area contributed by atoms with E-state index in [-0.39, 0.29) is 4.77 Å². The molecule has 1 unspecified atom stereocenters. The minimum Gasteiger partial charge on any atom is -0.388 e. The molecule has 0 aromatic carbocycles. The smallest absolute Gasteiger partial charge is 0.203 e. The van der Waals surface area contributed by atoms with Crippen molar-refractivity contribution in [3.63, 3.8) is 0 Å². The Kier molecular flexibility index (Phi) is 4.90. The molecule has 0 bridgehead atoms. The molecule has 1 fully saturated rings. The third-order valence-corrected chi connectivity index (χ3v) is 5.25. The molecule has 118 valence electrons. The molecule has 4 atom stereocenters. The minimum atomic E-state index is -1.20. The number of hydrogen-bond donors (Lipinski definition) is 3. The van der Waals surface area contributed by atoms with Crippen LogP contribution in [0.15, 0.2) is 12.3 Å². The van der Waals surface area contributed by atoms with Gasteiger partial charge >= 0.3 is 0 Å². The van der Waals surface area contributed by atoms with Gasteiger partial charge in [-0.15, -0.1) is 13.2 Å². The fourth-order valence-corrected chi connectivity index (χ4v) is 3.52. The predicted molar refractivity (Wildman–Crippen MR) is 88.8 cm³/mol. The molecule has 2 heterocycles. The van der Waals surface area contributed by atoms with E-state index in [1.54, 1.807) is 12.3 Å². The van der Waals surface area contributed by atoms with Crippen molar-refractivity contribution in [2.24, 2.45) is 0 Å². The molecule has 1 aromatic rings. The number of aliphatic hydroxyl groups excluding tert-OH is 2. The SMILES string of the molecule is C=P(C)(C)CC[C@H]1OC(n2ccc(N)nc2=S)[C@H](O)[C@@H]1O. The zero-order chi connectivity index (χ0) is 15.8. The number of aromatic nitrogens is 2. The molecule has 1 aliphatic rings. The quantitative estimate of drug-likeness (QED) is 0.561. The Balaban J connectivity index is 2.16. The number of nitrogens with zero attached hydrogens (tertiary/aromatic N) is 2. The van der Waals surface area contributed by atoms with Gasteiger partial charge in [0, 0.05) is 6.20 Å². The summed E-state index contributed by atoms with van der Waals surface area (Å²) >= 11 is 5.12. The van der Waals surface area contributed by atoms with Gasteiger partial charge in [0.05, 0.1) is 6.10 Å². The summed E-state index contributed by atoms with van der Waals surface area (Å²) in [6.45, 7) is 3.05. The van der Waals surface area contributed by atoms with Crippen LogP contribution in [0.1, 0.15) is 12.6 Å². The van der Waals surface area contributed by atoms with E-state index < -0.39 is 31.4 Å². The monoisotopic (exact) mass is 331 g/mol. The summed E-state index contributed by atoms with van der Waals surface area (Å²) in [7, 11) is 0. The van der Waals surface area contributed by atoms with Crippen molar-refractivity contribution in [3.8, 4) is 0 Å². The van der Waals surface area contributed by atoms with Crippen LogP contribution < -0.4 is 5.73 Å². The Hall–Kier alpha value is -0.720. The van der Waals surface area contributed by atoms with Crippen molar-refractivity contribution in [1.29, 1.82) is 0 Å². The molecule has 2 rings (SSSR count). The van der Waals surface area contributed by atoms with Crippen LogP contribution in [0.2, 0.25) is 0 Å². The van der Waals surface area contributed by atoms with E-state index in [0.29, 0.717) is 12.2 Å². The summed E-state index contributed by atoms with van der Waals surface area (Å²) in [4.78, 5) is 3.97. The maximum atomic E-state index is 10.2. The van der Waals surface area contributed by atoms with Gasteiger partial charge in [-0.2, -0.15) is 0 Å². The van der Waals surface area contributed by atoms with Gasteiger partial charge in [-0.1, -0.05) is 0 Å². The second-order valence-electron chi connectivity index (χ2n) is 6.04. The fourth-order valence-electron chi connectivity index (χ4n) is 2.29. The molecule has 0 radical (unpaired) electrons. The summed E-state index contributed by atoms with van der Waals surface area (Å²) < 4.78 is 7.53. The van der Waals surface area contributed by atoms with Crippen LogP contribution in [0.3, 0.4) is 0 Å². The van der Waals surface area contributed by atoms with Crippen molar-refractivity contribution in [2.45, 2.75) is 31.0 Å². The van der Waals surface area contributed by atoms with Crippen LogP contribution in [0.5, 0.6) is 0 Å². The zero-order valence-electron chi connectivity index (χ0n) is 12.2. The third kappa shape index (κ3) is 3.93. The van der Waals surface area contributed by atoms with Crippen LogP contribution in [-0.4, -0.2) is 63.9 Å². The lowest BCUT2D eigenvalue weighted by Crippen LogP contribution is -2.32. The molecule has 6 nitrogen and oxygen atoms in total. The lowest BCUT2D eigenvalue weighted by Gasteiger charge is -2.19. The number of nitrogen functional groups attached to an aromatic ring is 1. The van der Waals surface area contributed by atoms with Gasteiger partial charge in [-0.05, 0) is 44.2 Å². The van der Waals surface area contributed by atoms with E-state index in [2.05, 4.69) is 24.6 Å². The fraction of sp³-hybridized carbons (Fsp3) is 0.615. The van der Waals surface area contributed by atoms with Crippen molar-refractivity contribution < 1.29 is 14.9 Å². The van der Waals surface area contributed by atoms with E-state index in [9.17, 15) is 10.2 Å². The van der Waals surface area contributed by atoms with Gasteiger partial charge in [0.15, 0.2) is 6.23 Å².